The SMILES string of the molecule is CC1=CCC2OC(=O)CC(Cc3ccc(O)c(O)c3)C(C)C2=C1. The van der Waals surface area contributed by atoms with Crippen LogP contribution in [0.2, 0.25) is 0 Å². The Kier molecular flexibility index (Phi) is 4.16. The Morgan fingerprint density at radius 2 is 2.04 bits per heavy atom. The first-order chi connectivity index (χ1) is 10.9. The summed E-state index contributed by atoms with van der Waals surface area (Å²) in [6.45, 7) is 4.21. The number of benzene rings is 1. The van der Waals surface area contributed by atoms with E-state index in [9.17, 15) is 15.0 Å². The fourth-order valence-corrected chi connectivity index (χ4v) is 3.50. The summed E-state index contributed by atoms with van der Waals surface area (Å²) in [4.78, 5) is 12.1. The van der Waals surface area contributed by atoms with Crippen LogP contribution in [-0.2, 0) is 16.0 Å². The van der Waals surface area contributed by atoms with Crippen LogP contribution < -0.4 is 0 Å². The van der Waals surface area contributed by atoms with Crippen molar-refractivity contribution in [1.29, 1.82) is 0 Å². The molecule has 23 heavy (non-hydrogen) atoms. The lowest BCUT2D eigenvalue weighted by Crippen LogP contribution is -2.23. The van der Waals surface area contributed by atoms with E-state index < -0.39 is 0 Å². The second-order valence-electron chi connectivity index (χ2n) is 6.59. The third-order valence-corrected chi connectivity index (χ3v) is 4.89. The van der Waals surface area contributed by atoms with Crippen molar-refractivity contribution in [2.45, 2.75) is 39.2 Å². The molecule has 1 aliphatic heterocycles. The molecular formula is C19H22O4. The van der Waals surface area contributed by atoms with Crippen LogP contribution in [-0.4, -0.2) is 22.3 Å². The Morgan fingerprint density at radius 1 is 1.26 bits per heavy atom. The van der Waals surface area contributed by atoms with Gasteiger partial charge in [-0.1, -0.05) is 30.7 Å². The Balaban J connectivity index is 1.86. The molecule has 4 heteroatoms. The van der Waals surface area contributed by atoms with Crippen molar-refractivity contribution in [2.24, 2.45) is 11.8 Å². The van der Waals surface area contributed by atoms with E-state index in [1.807, 2.05) is 0 Å². The molecule has 0 aromatic heterocycles. The van der Waals surface area contributed by atoms with Gasteiger partial charge in [-0.3, -0.25) is 4.79 Å². The molecule has 3 unspecified atom stereocenters. The van der Waals surface area contributed by atoms with Gasteiger partial charge in [-0.25, -0.2) is 0 Å². The third kappa shape index (κ3) is 3.26. The summed E-state index contributed by atoms with van der Waals surface area (Å²) in [5.41, 5.74) is 3.30. The first-order valence-corrected chi connectivity index (χ1v) is 8.02. The maximum atomic E-state index is 12.1. The summed E-state index contributed by atoms with van der Waals surface area (Å²) in [5, 5.41) is 19.1. The lowest BCUT2D eigenvalue weighted by molar-refractivity contribution is -0.147. The Labute approximate surface area is 136 Å². The van der Waals surface area contributed by atoms with Crippen LogP contribution in [0.4, 0.5) is 0 Å². The van der Waals surface area contributed by atoms with Gasteiger partial charge in [0, 0.05) is 12.8 Å². The van der Waals surface area contributed by atoms with Gasteiger partial charge in [0.25, 0.3) is 0 Å². The fraction of sp³-hybridized carbons (Fsp3) is 0.421. The summed E-state index contributed by atoms with van der Waals surface area (Å²) in [6.07, 6.45) is 5.89. The number of hydrogen-bond acceptors (Lipinski definition) is 4. The van der Waals surface area contributed by atoms with Crippen LogP contribution in [0.5, 0.6) is 11.5 Å². The molecule has 2 N–H and O–H groups in total. The maximum Gasteiger partial charge on any atom is 0.306 e. The topological polar surface area (TPSA) is 66.8 Å². The van der Waals surface area contributed by atoms with E-state index in [4.69, 9.17) is 4.74 Å². The predicted molar refractivity (Wildman–Crippen MR) is 87.1 cm³/mol. The number of carbonyl (C=O) groups excluding carboxylic acids is 1. The van der Waals surface area contributed by atoms with Crippen LogP contribution in [0.15, 0.2) is 41.5 Å². The molecule has 3 atom stereocenters. The van der Waals surface area contributed by atoms with E-state index in [0.717, 1.165) is 12.0 Å². The molecule has 2 aliphatic rings. The minimum Gasteiger partial charge on any atom is -0.504 e. The van der Waals surface area contributed by atoms with Crippen molar-refractivity contribution >= 4 is 5.97 Å². The fourth-order valence-electron chi connectivity index (χ4n) is 3.50. The Morgan fingerprint density at radius 3 is 2.78 bits per heavy atom. The molecule has 1 saturated heterocycles. The average Bonchev–Trinajstić information content (AvgIpc) is 2.61. The molecule has 0 amide bonds. The van der Waals surface area contributed by atoms with Crippen molar-refractivity contribution in [3.05, 3.63) is 47.1 Å². The molecule has 4 nitrogen and oxygen atoms in total. The molecule has 0 radical (unpaired) electrons. The van der Waals surface area contributed by atoms with Crippen LogP contribution in [0.3, 0.4) is 0 Å². The minimum atomic E-state index is -0.161. The minimum absolute atomic E-state index is 0.119. The van der Waals surface area contributed by atoms with Crippen molar-refractivity contribution in [3.63, 3.8) is 0 Å². The van der Waals surface area contributed by atoms with Crippen LogP contribution in [0.25, 0.3) is 0 Å². The van der Waals surface area contributed by atoms with Crippen LogP contribution in [0, 0.1) is 11.8 Å². The molecule has 0 saturated carbocycles. The monoisotopic (exact) mass is 314 g/mol. The molecule has 122 valence electrons. The number of fused-ring (bicyclic) bond motifs is 1. The molecule has 1 aliphatic carbocycles. The normalized spacial score (nSPS) is 27.4. The Hall–Kier alpha value is -2.23. The summed E-state index contributed by atoms with van der Waals surface area (Å²) in [7, 11) is 0. The summed E-state index contributed by atoms with van der Waals surface area (Å²) < 4.78 is 5.60. The van der Waals surface area contributed by atoms with Gasteiger partial charge in [-0.05, 0) is 48.4 Å². The van der Waals surface area contributed by atoms with E-state index >= 15 is 0 Å². The van der Waals surface area contributed by atoms with E-state index in [2.05, 4.69) is 26.0 Å². The number of allylic oxidation sites excluding steroid dienone is 2. The number of phenolic OH excluding ortho intramolecular Hbond substituents is 2. The highest BCUT2D eigenvalue weighted by atomic mass is 16.5. The van der Waals surface area contributed by atoms with Gasteiger partial charge in [0.2, 0.25) is 0 Å². The largest absolute Gasteiger partial charge is 0.504 e. The second-order valence-corrected chi connectivity index (χ2v) is 6.59. The third-order valence-electron chi connectivity index (χ3n) is 4.89. The summed E-state index contributed by atoms with van der Waals surface area (Å²) in [6, 6.07) is 4.84. The zero-order chi connectivity index (χ0) is 16.6. The highest BCUT2D eigenvalue weighted by molar-refractivity contribution is 5.71. The van der Waals surface area contributed by atoms with Gasteiger partial charge >= 0.3 is 5.97 Å². The van der Waals surface area contributed by atoms with Crippen molar-refractivity contribution in [2.75, 3.05) is 0 Å². The van der Waals surface area contributed by atoms with Crippen molar-refractivity contribution in [1.82, 2.24) is 0 Å². The maximum absolute atomic E-state index is 12.1. The zero-order valence-electron chi connectivity index (χ0n) is 13.5. The first kappa shape index (κ1) is 15.7. The highest BCUT2D eigenvalue weighted by Gasteiger charge is 2.35. The highest BCUT2D eigenvalue weighted by Crippen LogP contribution is 2.38. The predicted octanol–water partition coefficient (Wildman–Crippen LogP) is 3.48. The summed E-state index contributed by atoms with van der Waals surface area (Å²) >= 11 is 0. The van der Waals surface area contributed by atoms with E-state index in [0.29, 0.717) is 12.8 Å². The molecule has 1 aromatic carbocycles. The number of carbonyl (C=O) groups is 1. The van der Waals surface area contributed by atoms with E-state index in [1.54, 1.807) is 12.1 Å². The first-order valence-electron chi connectivity index (χ1n) is 8.02. The molecule has 1 fully saturated rings. The second kappa shape index (κ2) is 6.11. The number of hydrogen-bond donors (Lipinski definition) is 2. The number of esters is 1. The van der Waals surface area contributed by atoms with E-state index in [-0.39, 0.29) is 35.4 Å². The molecule has 1 aromatic rings. The molecule has 3 rings (SSSR count). The molecular weight excluding hydrogens is 292 g/mol. The Bertz CT molecular complexity index is 687. The number of rotatable bonds is 2. The van der Waals surface area contributed by atoms with Gasteiger partial charge in [0.05, 0.1) is 0 Å². The van der Waals surface area contributed by atoms with Gasteiger partial charge in [0.15, 0.2) is 11.5 Å². The van der Waals surface area contributed by atoms with Gasteiger partial charge < -0.3 is 14.9 Å². The lowest BCUT2D eigenvalue weighted by atomic mass is 9.78. The van der Waals surface area contributed by atoms with E-state index in [1.165, 1.54) is 17.2 Å². The average molecular weight is 314 g/mol. The molecule has 0 spiro atoms. The molecule has 1 heterocycles. The number of aromatic hydroxyl groups is 2. The number of phenols is 2. The van der Waals surface area contributed by atoms with Gasteiger partial charge in [-0.15, -0.1) is 0 Å². The zero-order valence-corrected chi connectivity index (χ0v) is 13.5. The van der Waals surface area contributed by atoms with Crippen molar-refractivity contribution in [3.8, 4) is 11.5 Å². The summed E-state index contributed by atoms with van der Waals surface area (Å²) in [5.74, 6) is -0.0661. The van der Waals surface area contributed by atoms with Crippen LogP contribution >= 0.6 is 0 Å². The smallest absolute Gasteiger partial charge is 0.306 e. The quantitative estimate of drug-likeness (QED) is 0.648. The van der Waals surface area contributed by atoms with Gasteiger partial charge in [-0.2, -0.15) is 0 Å². The molecule has 0 bridgehead atoms. The number of ether oxygens (including phenoxy) is 1. The van der Waals surface area contributed by atoms with Gasteiger partial charge in [0.1, 0.15) is 6.10 Å². The van der Waals surface area contributed by atoms with Crippen LogP contribution in [0.1, 0.15) is 32.3 Å². The lowest BCUT2D eigenvalue weighted by Gasteiger charge is -2.27. The standard InChI is InChI=1S/C19H22O4/c1-11-3-6-18-15(7-11)12(2)14(10-19(22)23-18)8-13-4-5-16(20)17(21)9-13/h3-5,7,9,12,14,18,20-21H,6,8,10H2,1-2H3. The van der Waals surface area contributed by atoms with Crippen molar-refractivity contribution < 1.29 is 19.7 Å².